The molecule has 0 saturated carbocycles. The number of ether oxygens (including phenoxy) is 2. The lowest BCUT2D eigenvalue weighted by molar-refractivity contribution is -0.155. The van der Waals surface area contributed by atoms with Gasteiger partial charge >= 0.3 is 12.1 Å². The second kappa shape index (κ2) is 8.67. The quantitative estimate of drug-likeness (QED) is 0.671. The van der Waals surface area contributed by atoms with E-state index in [0.29, 0.717) is 6.07 Å². The Morgan fingerprint density at radius 3 is 2.33 bits per heavy atom. The summed E-state index contributed by atoms with van der Waals surface area (Å²) in [5.41, 5.74) is -4.71. The first-order valence-corrected chi connectivity index (χ1v) is 9.60. The highest BCUT2D eigenvalue weighted by Crippen LogP contribution is 2.44. The lowest BCUT2D eigenvalue weighted by atomic mass is 9.63. The van der Waals surface area contributed by atoms with Gasteiger partial charge in [0.25, 0.3) is 0 Å². The molecular formula is C21H27F2NO6. The number of aliphatic carboxylic acids is 1. The fourth-order valence-corrected chi connectivity index (χ4v) is 3.57. The third kappa shape index (κ3) is 5.13. The first kappa shape index (κ1) is 23.7. The van der Waals surface area contributed by atoms with E-state index in [0.717, 1.165) is 12.1 Å². The third-order valence-corrected chi connectivity index (χ3v) is 5.36. The van der Waals surface area contributed by atoms with Crippen LogP contribution in [0.5, 0.6) is 0 Å². The summed E-state index contributed by atoms with van der Waals surface area (Å²) in [6.45, 7) is 6.90. The number of halogens is 2. The highest BCUT2D eigenvalue weighted by atomic mass is 19.1. The number of carbonyl (C=O) groups is 3. The molecule has 9 heteroatoms. The van der Waals surface area contributed by atoms with Gasteiger partial charge in [0, 0.05) is 25.0 Å². The number of carboxylic acids is 1. The number of alkyl carbamates (subject to hydrolysis) is 1. The highest BCUT2D eigenvalue weighted by molar-refractivity contribution is 6.01. The number of Topliss-reactive ketones (excluding diaryl/α,β-unsaturated/α-hetero) is 1. The van der Waals surface area contributed by atoms with Gasteiger partial charge in [0.1, 0.15) is 17.2 Å². The number of rotatable bonds is 6. The Balaban J connectivity index is 2.50. The van der Waals surface area contributed by atoms with Crippen LogP contribution in [0.2, 0.25) is 0 Å². The van der Waals surface area contributed by atoms with E-state index in [1.807, 2.05) is 0 Å². The summed E-state index contributed by atoms with van der Waals surface area (Å²) in [7, 11) is 0. The van der Waals surface area contributed by atoms with Crippen molar-refractivity contribution in [3.8, 4) is 0 Å². The zero-order valence-corrected chi connectivity index (χ0v) is 17.5. The van der Waals surface area contributed by atoms with Gasteiger partial charge in [-0.15, -0.1) is 0 Å². The van der Waals surface area contributed by atoms with E-state index in [-0.39, 0.29) is 26.1 Å². The molecule has 0 spiro atoms. The summed E-state index contributed by atoms with van der Waals surface area (Å²) in [6, 6.07) is 2.36. The fraction of sp³-hybridized carbons (Fsp3) is 0.571. The van der Waals surface area contributed by atoms with Crippen molar-refractivity contribution < 1.29 is 37.7 Å². The van der Waals surface area contributed by atoms with E-state index in [9.17, 15) is 28.3 Å². The van der Waals surface area contributed by atoms with E-state index in [1.165, 1.54) is 0 Å². The molecule has 30 heavy (non-hydrogen) atoms. The van der Waals surface area contributed by atoms with Gasteiger partial charge in [0.2, 0.25) is 0 Å². The van der Waals surface area contributed by atoms with E-state index >= 15 is 0 Å². The summed E-state index contributed by atoms with van der Waals surface area (Å²) in [5, 5.41) is 12.6. The van der Waals surface area contributed by atoms with Gasteiger partial charge in [-0.05, 0) is 51.8 Å². The Morgan fingerprint density at radius 1 is 1.20 bits per heavy atom. The van der Waals surface area contributed by atoms with Crippen LogP contribution < -0.4 is 5.32 Å². The van der Waals surface area contributed by atoms with Gasteiger partial charge in [-0.1, -0.05) is 6.92 Å². The van der Waals surface area contributed by atoms with Crippen LogP contribution in [0.15, 0.2) is 18.2 Å². The molecule has 0 bridgehead atoms. The van der Waals surface area contributed by atoms with Crippen molar-refractivity contribution >= 4 is 17.8 Å². The van der Waals surface area contributed by atoms with Crippen LogP contribution in [0.25, 0.3) is 0 Å². The Labute approximate surface area is 173 Å². The second-order valence-corrected chi connectivity index (χ2v) is 8.73. The molecule has 0 aromatic heterocycles. The normalized spacial score (nSPS) is 18.2. The molecule has 1 aromatic carbocycles. The van der Waals surface area contributed by atoms with Crippen molar-refractivity contribution in [2.75, 3.05) is 13.2 Å². The maximum absolute atomic E-state index is 14.2. The zero-order valence-electron chi connectivity index (χ0n) is 17.5. The average molecular weight is 427 g/mol. The molecule has 0 aliphatic carbocycles. The molecule has 1 saturated heterocycles. The Bertz CT molecular complexity index is 829. The molecule has 0 radical (unpaired) electrons. The van der Waals surface area contributed by atoms with E-state index in [2.05, 4.69) is 5.32 Å². The highest BCUT2D eigenvalue weighted by Gasteiger charge is 2.57. The molecule has 0 unspecified atom stereocenters. The first-order valence-electron chi connectivity index (χ1n) is 9.60. The Kier molecular flexibility index (Phi) is 6.86. The van der Waals surface area contributed by atoms with Crippen LogP contribution in [-0.4, -0.2) is 47.3 Å². The number of hydrogen-bond acceptors (Lipinski definition) is 5. The SMILES string of the molecule is CC(C)(C)OC(=O)N[C@@](CC(=O)c1cc(F)ccc1F)(C(=O)O)C1(C)CCOCC1. The molecule has 1 amide bonds. The fourth-order valence-electron chi connectivity index (χ4n) is 3.57. The third-order valence-electron chi connectivity index (χ3n) is 5.36. The molecule has 2 N–H and O–H groups in total. The average Bonchev–Trinajstić information content (AvgIpc) is 2.61. The summed E-state index contributed by atoms with van der Waals surface area (Å²) >= 11 is 0. The zero-order chi connectivity index (χ0) is 22.7. The Morgan fingerprint density at radius 2 is 1.80 bits per heavy atom. The molecule has 1 atom stereocenters. The van der Waals surface area contributed by atoms with Crippen molar-refractivity contribution in [2.24, 2.45) is 5.41 Å². The summed E-state index contributed by atoms with van der Waals surface area (Å²) in [6.07, 6.45) is -1.34. The monoisotopic (exact) mass is 427 g/mol. The van der Waals surface area contributed by atoms with Crippen molar-refractivity contribution in [3.05, 3.63) is 35.4 Å². The van der Waals surface area contributed by atoms with Gasteiger partial charge in [-0.25, -0.2) is 18.4 Å². The summed E-state index contributed by atoms with van der Waals surface area (Å²) < 4.78 is 38.3. The van der Waals surface area contributed by atoms with Gasteiger partial charge in [-0.3, -0.25) is 4.79 Å². The standard InChI is InChI=1S/C21H27F2NO6/c1-19(2,3)30-18(28)24-21(17(26)27,20(4)7-9-29-10-8-20)12-16(25)14-11-13(22)5-6-15(14)23/h5-6,11H,7-10,12H2,1-4H3,(H,24,28)(H,26,27)/t21-/m0/s1. The van der Waals surface area contributed by atoms with Crippen LogP contribution in [0.1, 0.15) is 57.3 Å². The number of carbonyl (C=O) groups excluding carboxylic acids is 2. The molecule has 7 nitrogen and oxygen atoms in total. The van der Waals surface area contributed by atoms with Gasteiger partial charge in [0.05, 0.1) is 5.56 Å². The summed E-state index contributed by atoms with van der Waals surface area (Å²) in [4.78, 5) is 37.9. The molecule has 1 aliphatic rings. The number of hydrogen-bond donors (Lipinski definition) is 2. The molecule has 2 rings (SSSR count). The van der Waals surface area contributed by atoms with E-state index < -0.39 is 58.0 Å². The number of carboxylic acid groups (broad SMARTS) is 1. The van der Waals surface area contributed by atoms with Gasteiger partial charge < -0.3 is 19.9 Å². The van der Waals surface area contributed by atoms with Crippen LogP contribution in [0.4, 0.5) is 13.6 Å². The smallest absolute Gasteiger partial charge is 0.408 e. The summed E-state index contributed by atoms with van der Waals surface area (Å²) in [5.74, 6) is -4.23. The maximum Gasteiger partial charge on any atom is 0.408 e. The van der Waals surface area contributed by atoms with Crippen LogP contribution in [0.3, 0.4) is 0 Å². The molecule has 1 aromatic rings. The van der Waals surface area contributed by atoms with Crippen LogP contribution in [0, 0.1) is 17.0 Å². The van der Waals surface area contributed by atoms with Crippen molar-refractivity contribution in [1.29, 1.82) is 0 Å². The van der Waals surface area contributed by atoms with Crippen molar-refractivity contribution in [2.45, 2.75) is 58.1 Å². The molecule has 1 heterocycles. The van der Waals surface area contributed by atoms with Crippen molar-refractivity contribution in [1.82, 2.24) is 5.32 Å². The predicted octanol–water partition coefficient (Wildman–Crippen LogP) is 3.70. The topological polar surface area (TPSA) is 102 Å². The molecule has 1 fully saturated rings. The molecule has 166 valence electrons. The maximum atomic E-state index is 14.2. The molecule has 1 aliphatic heterocycles. The minimum Gasteiger partial charge on any atom is -0.479 e. The van der Waals surface area contributed by atoms with Gasteiger partial charge in [-0.2, -0.15) is 0 Å². The predicted molar refractivity (Wildman–Crippen MR) is 103 cm³/mol. The lowest BCUT2D eigenvalue weighted by Crippen LogP contribution is -2.66. The molecular weight excluding hydrogens is 400 g/mol. The minimum atomic E-state index is -2.12. The van der Waals surface area contributed by atoms with E-state index in [1.54, 1.807) is 27.7 Å². The van der Waals surface area contributed by atoms with Crippen molar-refractivity contribution in [3.63, 3.8) is 0 Å². The number of ketones is 1. The number of amides is 1. The van der Waals surface area contributed by atoms with Gasteiger partial charge in [0.15, 0.2) is 11.3 Å². The Hall–Kier alpha value is -2.55. The minimum absolute atomic E-state index is 0.226. The largest absolute Gasteiger partial charge is 0.479 e. The van der Waals surface area contributed by atoms with E-state index in [4.69, 9.17) is 9.47 Å². The lowest BCUT2D eigenvalue weighted by Gasteiger charge is -2.47. The van der Waals surface area contributed by atoms with Crippen LogP contribution in [-0.2, 0) is 14.3 Å². The second-order valence-electron chi connectivity index (χ2n) is 8.73. The number of nitrogens with one attached hydrogen (secondary N) is 1. The number of benzene rings is 1. The van der Waals surface area contributed by atoms with Crippen LogP contribution >= 0.6 is 0 Å². The first-order chi connectivity index (χ1) is 13.8.